The summed E-state index contributed by atoms with van der Waals surface area (Å²) in [6.45, 7) is 6.30. The number of hydrogen-bond donors (Lipinski definition) is 2. The van der Waals surface area contributed by atoms with Gasteiger partial charge in [0.2, 0.25) is 5.91 Å². The number of rotatable bonds is 6. The van der Waals surface area contributed by atoms with E-state index >= 15 is 0 Å². The number of primary amides is 1. The Kier molecular flexibility index (Phi) is 5.92. The van der Waals surface area contributed by atoms with Crippen molar-refractivity contribution in [1.29, 1.82) is 0 Å². The van der Waals surface area contributed by atoms with E-state index in [9.17, 15) is 4.79 Å². The number of hydrogen-bond acceptors (Lipinski definition) is 3. The topological polar surface area (TPSA) is 72.3 Å². The third-order valence-corrected chi connectivity index (χ3v) is 4.18. The first kappa shape index (κ1) is 14.5. The molecule has 100 valence electrons. The number of nitrogens with zero attached hydrogens (tertiary/aromatic N) is 1. The van der Waals surface area contributed by atoms with Gasteiger partial charge in [-0.15, -0.1) is 0 Å². The highest BCUT2D eigenvalue weighted by Crippen LogP contribution is 2.33. The molecule has 0 radical (unpaired) electrons. The molecule has 0 spiro atoms. The number of amides is 1. The van der Waals surface area contributed by atoms with Gasteiger partial charge in [-0.1, -0.05) is 26.7 Å². The maximum Gasteiger partial charge on any atom is 0.231 e. The Bertz CT molecular complexity index is 245. The lowest BCUT2D eigenvalue weighted by atomic mass is 9.76. The fourth-order valence-corrected chi connectivity index (χ4v) is 3.05. The van der Waals surface area contributed by atoms with Crippen molar-refractivity contribution in [2.75, 3.05) is 19.6 Å². The summed E-state index contributed by atoms with van der Waals surface area (Å²) in [4.78, 5) is 13.3. The van der Waals surface area contributed by atoms with E-state index < -0.39 is 0 Å². The summed E-state index contributed by atoms with van der Waals surface area (Å²) in [5.74, 6) is 1.07. The Morgan fingerprint density at radius 2 is 2.06 bits per heavy atom. The molecule has 1 aliphatic rings. The molecule has 0 heterocycles. The van der Waals surface area contributed by atoms with Gasteiger partial charge in [-0.3, -0.25) is 9.69 Å². The normalized spacial score (nSPS) is 29.5. The first-order valence-electron chi connectivity index (χ1n) is 6.84. The number of nitrogens with two attached hydrogens (primary N) is 2. The van der Waals surface area contributed by atoms with E-state index in [2.05, 4.69) is 18.7 Å². The van der Waals surface area contributed by atoms with Crippen LogP contribution in [-0.4, -0.2) is 36.5 Å². The molecule has 0 aromatic rings. The van der Waals surface area contributed by atoms with Crippen LogP contribution in [0.2, 0.25) is 0 Å². The third kappa shape index (κ3) is 3.96. The van der Waals surface area contributed by atoms with Gasteiger partial charge in [-0.05, 0) is 37.8 Å². The van der Waals surface area contributed by atoms with Crippen molar-refractivity contribution in [2.24, 2.45) is 23.3 Å². The Morgan fingerprint density at radius 3 is 2.53 bits per heavy atom. The zero-order valence-electron chi connectivity index (χ0n) is 11.2. The standard InChI is InChI=1S/C13H27N3O/c1-3-10-5-6-11(8-14)12(7-10)16(4-2)9-13(15)17/h10-12H,3-9,14H2,1-2H3,(H2,15,17). The summed E-state index contributed by atoms with van der Waals surface area (Å²) in [6.07, 6.45) is 4.86. The average Bonchev–Trinajstić information content (AvgIpc) is 2.34. The molecule has 4 nitrogen and oxygen atoms in total. The van der Waals surface area contributed by atoms with Crippen LogP contribution in [0, 0.1) is 11.8 Å². The summed E-state index contributed by atoms with van der Waals surface area (Å²) in [7, 11) is 0. The smallest absolute Gasteiger partial charge is 0.231 e. The van der Waals surface area contributed by atoms with Gasteiger partial charge in [0.15, 0.2) is 0 Å². The number of carbonyl (C=O) groups excluding carboxylic acids is 1. The summed E-state index contributed by atoms with van der Waals surface area (Å²) >= 11 is 0. The van der Waals surface area contributed by atoms with E-state index in [1.807, 2.05) is 0 Å². The van der Waals surface area contributed by atoms with E-state index in [0.29, 0.717) is 18.5 Å². The molecule has 0 bridgehead atoms. The molecule has 1 aliphatic carbocycles. The van der Waals surface area contributed by atoms with Gasteiger partial charge < -0.3 is 11.5 Å². The lowest BCUT2D eigenvalue weighted by Gasteiger charge is -2.41. The van der Waals surface area contributed by atoms with Crippen LogP contribution in [0.5, 0.6) is 0 Å². The van der Waals surface area contributed by atoms with Crippen molar-refractivity contribution < 1.29 is 4.79 Å². The monoisotopic (exact) mass is 241 g/mol. The van der Waals surface area contributed by atoms with Crippen LogP contribution in [0.3, 0.4) is 0 Å². The van der Waals surface area contributed by atoms with Crippen LogP contribution in [0.4, 0.5) is 0 Å². The van der Waals surface area contributed by atoms with Gasteiger partial charge in [0.1, 0.15) is 0 Å². The molecule has 4 N–H and O–H groups in total. The maximum atomic E-state index is 11.1. The first-order chi connectivity index (χ1) is 8.12. The van der Waals surface area contributed by atoms with Crippen LogP contribution in [0.1, 0.15) is 39.5 Å². The second-order valence-corrected chi connectivity index (χ2v) is 5.18. The molecule has 0 aliphatic heterocycles. The molecule has 4 heteroatoms. The molecule has 17 heavy (non-hydrogen) atoms. The van der Waals surface area contributed by atoms with E-state index in [4.69, 9.17) is 11.5 Å². The van der Waals surface area contributed by atoms with Gasteiger partial charge in [0, 0.05) is 6.04 Å². The van der Waals surface area contributed by atoms with Crippen LogP contribution in [-0.2, 0) is 4.79 Å². The quantitative estimate of drug-likeness (QED) is 0.727. The van der Waals surface area contributed by atoms with Crippen molar-refractivity contribution in [1.82, 2.24) is 4.90 Å². The van der Waals surface area contributed by atoms with Gasteiger partial charge in [-0.25, -0.2) is 0 Å². The van der Waals surface area contributed by atoms with Gasteiger partial charge >= 0.3 is 0 Å². The summed E-state index contributed by atoms with van der Waals surface area (Å²) in [5.41, 5.74) is 11.2. The van der Waals surface area contributed by atoms with Gasteiger partial charge in [-0.2, -0.15) is 0 Å². The van der Waals surface area contributed by atoms with E-state index in [-0.39, 0.29) is 5.91 Å². The third-order valence-electron chi connectivity index (χ3n) is 4.18. The molecule has 0 aromatic carbocycles. The molecule has 1 saturated carbocycles. The Balaban J connectivity index is 2.68. The predicted octanol–water partition coefficient (Wildman–Crippen LogP) is 0.947. The van der Waals surface area contributed by atoms with Crippen molar-refractivity contribution in [2.45, 2.75) is 45.6 Å². The summed E-state index contributed by atoms with van der Waals surface area (Å²) in [5, 5.41) is 0. The Morgan fingerprint density at radius 1 is 1.35 bits per heavy atom. The van der Waals surface area contributed by atoms with Crippen LogP contribution in [0.15, 0.2) is 0 Å². The SMILES string of the molecule is CCC1CCC(CN)C(N(CC)CC(N)=O)C1. The van der Waals surface area contributed by atoms with E-state index in [1.54, 1.807) is 0 Å². The molecule has 3 unspecified atom stereocenters. The maximum absolute atomic E-state index is 11.1. The molecule has 1 rings (SSSR count). The van der Waals surface area contributed by atoms with E-state index in [1.165, 1.54) is 25.7 Å². The minimum atomic E-state index is -0.235. The molecule has 1 amide bonds. The molecular weight excluding hydrogens is 214 g/mol. The second-order valence-electron chi connectivity index (χ2n) is 5.18. The molecular formula is C13H27N3O. The molecule has 0 aromatic heterocycles. The number of carbonyl (C=O) groups is 1. The minimum Gasteiger partial charge on any atom is -0.369 e. The fraction of sp³-hybridized carbons (Fsp3) is 0.923. The molecule has 0 saturated heterocycles. The zero-order chi connectivity index (χ0) is 12.8. The fourth-order valence-electron chi connectivity index (χ4n) is 3.05. The second kappa shape index (κ2) is 6.97. The largest absolute Gasteiger partial charge is 0.369 e. The summed E-state index contributed by atoms with van der Waals surface area (Å²) < 4.78 is 0. The van der Waals surface area contributed by atoms with Crippen LogP contribution < -0.4 is 11.5 Å². The molecule has 1 fully saturated rings. The highest BCUT2D eigenvalue weighted by atomic mass is 16.1. The Labute approximate surface area is 105 Å². The lowest BCUT2D eigenvalue weighted by molar-refractivity contribution is -0.120. The highest BCUT2D eigenvalue weighted by Gasteiger charge is 2.32. The zero-order valence-corrected chi connectivity index (χ0v) is 11.2. The predicted molar refractivity (Wildman–Crippen MR) is 70.4 cm³/mol. The van der Waals surface area contributed by atoms with Crippen molar-refractivity contribution in [3.63, 3.8) is 0 Å². The van der Waals surface area contributed by atoms with Gasteiger partial charge in [0.05, 0.1) is 6.54 Å². The highest BCUT2D eigenvalue weighted by molar-refractivity contribution is 5.75. The summed E-state index contributed by atoms with van der Waals surface area (Å²) in [6, 6.07) is 0.441. The minimum absolute atomic E-state index is 0.235. The lowest BCUT2D eigenvalue weighted by Crippen LogP contribution is -2.49. The van der Waals surface area contributed by atoms with Crippen molar-refractivity contribution >= 4 is 5.91 Å². The van der Waals surface area contributed by atoms with Gasteiger partial charge in [0.25, 0.3) is 0 Å². The van der Waals surface area contributed by atoms with Crippen molar-refractivity contribution in [3.05, 3.63) is 0 Å². The van der Waals surface area contributed by atoms with Crippen LogP contribution in [0.25, 0.3) is 0 Å². The average molecular weight is 241 g/mol. The first-order valence-corrected chi connectivity index (χ1v) is 6.84. The molecule has 3 atom stereocenters. The Hall–Kier alpha value is -0.610. The van der Waals surface area contributed by atoms with E-state index in [0.717, 1.165) is 19.0 Å². The van der Waals surface area contributed by atoms with Crippen LogP contribution >= 0.6 is 0 Å². The van der Waals surface area contributed by atoms with Crippen molar-refractivity contribution in [3.8, 4) is 0 Å². The number of likely N-dealkylation sites (N-methyl/N-ethyl adjacent to an activating group) is 1.